The molecule has 0 fully saturated rings. The second-order valence-corrected chi connectivity index (χ2v) is 5.12. The predicted octanol–water partition coefficient (Wildman–Crippen LogP) is 0.985. The average molecular weight is 285 g/mol. The molecule has 0 aliphatic carbocycles. The van der Waals surface area contributed by atoms with Crippen molar-refractivity contribution in [2.24, 2.45) is 7.05 Å². The van der Waals surface area contributed by atoms with Crippen molar-refractivity contribution in [2.45, 2.75) is 12.5 Å². The summed E-state index contributed by atoms with van der Waals surface area (Å²) in [5.41, 5.74) is 2.00. The Hall–Kier alpha value is -2.50. The van der Waals surface area contributed by atoms with Crippen molar-refractivity contribution in [1.82, 2.24) is 14.9 Å². The van der Waals surface area contributed by atoms with Gasteiger partial charge < -0.3 is 20.5 Å². The zero-order valence-corrected chi connectivity index (χ0v) is 12.0. The molecule has 0 saturated heterocycles. The number of anilines is 2. The Kier molecular flexibility index (Phi) is 3.77. The van der Waals surface area contributed by atoms with Crippen LogP contribution >= 0.6 is 0 Å². The molecule has 1 amide bonds. The number of nitrogens with one attached hydrogen (secondary N) is 3. The van der Waals surface area contributed by atoms with Crippen molar-refractivity contribution >= 4 is 17.3 Å². The fraction of sp³-hybridized carbons (Fsp3) is 0.333. The molecule has 0 radical (unpaired) electrons. The molecular weight excluding hydrogens is 266 g/mol. The van der Waals surface area contributed by atoms with E-state index in [1.807, 2.05) is 42.1 Å². The molecule has 1 unspecified atom stereocenters. The summed E-state index contributed by atoms with van der Waals surface area (Å²) in [5.74, 6) is 0.974. The number of benzene rings is 1. The Morgan fingerprint density at radius 1 is 1.43 bits per heavy atom. The molecule has 3 N–H and O–H groups in total. The van der Waals surface area contributed by atoms with Gasteiger partial charge in [-0.3, -0.25) is 4.79 Å². The maximum atomic E-state index is 12.2. The van der Waals surface area contributed by atoms with E-state index in [1.165, 1.54) is 0 Å². The minimum Gasteiger partial charge on any atom is -0.381 e. The van der Waals surface area contributed by atoms with Gasteiger partial charge in [-0.15, -0.1) is 0 Å². The highest BCUT2D eigenvalue weighted by atomic mass is 16.2. The molecule has 3 rings (SSSR count). The van der Waals surface area contributed by atoms with Gasteiger partial charge in [0.25, 0.3) is 0 Å². The molecule has 6 heteroatoms. The SMILES string of the molecule is Cn1ccnc1CCNC(=O)C1CNc2ccccc2N1. The summed E-state index contributed by atoms with van der Waals surface area (Å²) in [7, 11) is 1.95. The van der Waals surface area contributed by atoms with Crippen LogP contribution in [-0.2, 0) is 18.3 Å². The Bertz CT molecular complexity index is 636. The van der Waals surface area contributed by atoms with Gasteiger partial charge in [0.15, 0.2) is 0 Å². The van der Waals surface area contributed by atoms with E-state index in [-0.39, 0.29) is 11.9 Å². The minimum absolute atomic E-state index is 0.00575. The van der Waals surface area contributed by atoms with Crippen LogP contribution in [-0.4, -0.2) is 34.6 Å². The van der Waals surface area contributed by atoms with Crippen LogP contribution in [0, 0.1) is 0 Å². The topological polar surface area (TPSA) is 71.0 Å². The summed E-state index contributed by atoms with van der Waals surface area (Å²) in [6.45, 7) is 1.18. The van der Waals surface area contributed by atoms with Gasteiger partial charge in [0, 0.05) is 39.0 Å². The van der Waals surface area contributed by atoms with Crippen molar-refractivity contribution in [2.75, 3.05) is 23.7 Å². The number of aromatic nitrogens is 2. The predicted molar refractivity (Wildman–Crippen MR) is 82.3 cm³/mol. The minimum atomic E-state index is -0.249. The number of rotatable bonds is 4. The lowest BCUT2D eigenvalue weighted by Crippen LogP contribution is -2.46. The van der Waals surface area contributed by atoms with Gasteiger partial charge in [-0.1, -0.05) is 12.1 Å². The number of hydrogen-bond acceptors (Lipinski definition) is 4. The smallest absolute Gasteiger partial charge is 0.244 e. The zero-order chi connectivity index (χ0) is 14.7. The van der Waals surface area contributed by atoms with Crippen LogP contribution in [0.2, 0.25) is 0 Å². The monoisotopic (exact) mass is 285 g/mol. The summed E-state index contributed by atoms with van der Waals surface area (Å²) >= 11 is 0. The molecule has 2 aromatic rings. The Morgan fingerprint density at radius 3 is 3.00 bits per heavy atom. The molecule has 1 atom stereocenters. The van der Waals surface area contributed by atoms with Crippen LogP contribution in [0.25, 0.3) is 0 Å². The first-order valence-electron chi connectivity index (χ1n) is 7.07. The van der Waals surface area contributed by atoms with Crippen LogP contribution < -0.4 is 16.0 Å². The van der Waals surface area contributed by atoms with E-state index in [0.717, 1.165) is 23.6 Å². The van der Waals surface area contributed by atoms with Crippen LogP contribution in [0.5, 0.6) is 0 Å². The molecule has 1 aliphatic heterocycles. The molecule has 21 heavy (non-hydrogen) atoms. The van der Waals surface area contributed by atoms with E-state index in [0.29, 0.717) is 13.1 Å². The number of aryl methyl sites for hydroxylation is 1. The van der Waals surface area contributed by atoms with Crippen molar-refractivity contribution < 1.29 is 4.79 Å². The maximum absolute atomic E-state index is 12.2. The standard InChI is InChI=1S/C15H19N5O/c1-20-9-8-16-14(20)6-7-17-15(21)13-10-18-11-4-2-3-5-12(11)19-13/h2-5,8-9,13,18-19H,6-7,10H2,1H3,(H,17,21). The molecule has 1 aromatic carbocycles. The number of fused-ring (bicyclic) bond motifs is 1. The van der Waals surface area contributed by atoms with E-state index in [2.05, 4.69) is 20.9 Å². The molecule has 6 nitrogen and oxygen atoms in total. The van der Waals surface area contributed by atoms with Crippen molar-refractivity contribution in [1.29, 1.82) is 0 Å². The molecule has 2 heterocycles. The summed E-state index contributed by atoms with van der Waals surface area (Å²) in [4.78, 5) is 16.4. The Balaban J connectivity index is 1.52. The van der Waals surface area contributed by atoms with E-state index in [9.17, 15) is 4.79 Å². The van der Waals surface area contributed by atoms with Crippen molar-refractivity contribution in [3.8, 4) is 0 Å². The lowest BCUT2D eigenvalue weighted by Gasteiger charge is -2.27. The lowest BCUT2D eigenvalue weighted by molar-refractivity contribution is -0.121. The number of carbonyl (C=O) groups is 1. The van der Waals surface area contributed by atoms with Crippen molar-refractivity contribution in [3.05, 3.63) is 42.5 Å². The van der Waals surface area contributed by atoms with Crippen LogP contribution in [0.3, 0.4) is 0 Å². The average Bonchev–Trinajstić information content (AvgIpc) is 2.92. The van der Waals surface area contributed by atoms with Gasteiger partial charge in [0.2, 0.25) is 5.91 Å². The van der Waals surface area contributed by atoms with Gasteiger partial charge in [-0.25, -0.2) is 4.98 Å². The largest absolute Gasteiger partial charge is 0.381 e. The third-order valence-electron chi connectivity index (χ3n) is 3.64. The van der Waals surface area contributed by atoms with Crippen LogP contribution in [0.4, 0.5) is 11.4 Å². The van der Waals surface area contributed by atoms with Gasteiger partial charge in [-0.05, 0) is 12.1 Å². The molecule has 0 bridgehead atoms. The summed E-state index contributed by atoms with van der Waals surface area (Å²) < 4.78 is 1.96. The van der Waals surface area contributed by atoms with E-state index < -0.39 is 0 Å². The fourth-order valence-electron chi connectivity index (χ4n) is 2.43. The first kappa shape index (κ1) is 13.5. The molecule has 1 aliphatic rings. The summed E-state index contributed by atoms with van der Waals surface area (Å²) in [6, 6.07) is 7.64. The quantitative estimate of drug-likeness (QED) is 0.783. The second-order valence-electron chi connectivity index (χ2n) is 5.12. The fourth-order valence-corrected chi connectivity index (χ4v) is 2.43. The maximum Gasteiger partial charge on any atom is 0.244 e. The van der Waals surface area contributed by atoms with Crippen molar-refractivity contribution in [3.63, 3.8) is 0 Å². The van der Waals surface area contributed by atoms with E-state index >= 15 is 0 Å². The number of hydrogen-bond donors (Lipinski definition) is 3. The highest BCUT2D eigenvalue weighted by molar-refractivity contribution is 5.88. The van der Waals surface area contributed by atoms with Crippen LogP contribution in [0.1, 0.15) is 5.82 Å². The van der Waals surface area contributed by atoms with E-state index in [4.69, 9.17) is 0 Å². The number of carbonyl (C=O) groups excluding carboxylic acids is 1. The first-order chi connectivity index (χ1) is 10.2. The third-order valence-corrected chi connectivity index (χ3v) is 3.64. The Labute approximate surface area is 123 Å². The van der Waals surface area contributed by atoms with E-state index in [1.54, 1.807) is 6.20 Å². The van der Waals surface area contributed by atoms with Gasteiger partial charge in [-0.2, -0.15) is 0 Å². The molecule has 110 valence electrons. The number of para-hydroxylation sites is 2. The highest BCUT2D eigenvalue weighted by Crippen LogP contribution is 2.25. The zero-order valence-electron chi connectivity index (χ0n) is 12.0. The molecule has 0 spiro atoms. The van der Waals surface area contributed by atoms with Gasteiger partial charge in [0.1, 0.15) is 11.9 Å². The summed E-state index contributed by atoms with van der Waals surface area (Å²) in [6.07, 6.45) is 4.40. The third kappa shape index (κ3) is 2.99. The summed E-state index contributed by atoms with van der Waals surface area (Å²) in [5, 5.41) is 9.48. The molecule has 1 aromatic heterocycles. The lowest BCUT2D eigenvalue weighted by atomic mass is 10.1. The molecule has 0 saturated carbocycles. The second kappa shape index (κ2) is 5.87. The number of imidazole rings is 1. The molecular formula is C15H19N5O. The highest BCUT2D eigenvalue weighted by Gasteiger charge is 2.22. The number of amides is 1. The van der Waals surface area contributed by atoms with Crippen LogP contribution in [0.15, 0.2) is 36.7 Å². The van der Waals surface area contributed by atoms with Gasteiger partial charge >= 0.3 is 0 Å². The first-order valence-corrected chi connectivity index (χ1v) is 7.07. The number of nitrogens with zero attached hydrogens (tertiary/aromatic N) is 2. The Morgan fingerprint density at radius 2 is 2.24 bits per heavy atom. The normalized spacial score (nSPS) is 16.5. The van der Waals surface area contributed by atoms with Gasteiger partial charge in [0.05, 0.1) is 11.4 Å².